The average Bonchev–Trinajstić information content (AvgIpc) is 3.13. The third kappa shape index (κ3) is 4.06. The van der Waals surface area contributed by atoms with Crippen LogP contribution in [0.2, 0.25) is 0 Å². The van der Waals surface area contributed by atoms with Gasteiger partial charge in [0.05, 0.1) is 18.6 Å². The van der Waals surface area contributed by atoms with Crippen LogP contribution >= 0.6 is 11.3 Å². The van der Waals surface area contributed by atoms with Crippen molar-refractivity contribution in [1.82, 2.24) is 19.2 Å². The lowest BCUT2D eigenvalue weighted by molar-refractivity contribution is -0.00126. The van der Waals surface area contributed by atoms with Crippen LogP contribution in [0.4, 0.5) is 0 Å². The number of hydrogen-bond acceptors (Lipinski definition) is 8. The first-order valence-corrected chi connectivity index (χ1v) is 12.8. The SMILES string of the molecule is NS(=O)(=O)N1CCc2sc3ncnc(OC4CCC(N5CCOCC5)CC4)c3c2C1. The maximum absolute atomic E-state index is 11.8. The van der Waals surface area contributed by atoms with Crippen molar-refractivity contribution in [2.75, 3.05) is 32.8 Å². The first-order chi connectivity index (χ1) is 14.5. The standard InChI is InChI=1S/C19H27N5O4S2/c20-30(25,26)24-6-5-16-15(11-24)17-18(21-12-22-19(17)29-16)28-14-3-1-13(2-4-14)23-7-9-27-10-8-23/h12-14H,1-11H2,(H2,20,25,26). The molecule has 0 bridgehead atoms. The Kier molecular flexibility index (Phi) is 5.67. The summed E-state index contributed by atoms with van der Waals surface area (Å²) in [5, 5.41) is 6.22. The molecule has 30 heavy (non-hydrogen) atoms. The van der Waals surface area contributed by atoms with Crippen molar-refractivity contribution in [2.45, 2.75) is 50.8 Å². The van der Waals surface area contributed by atoms with E-state index in [0.717, 1.165) is 72.6 Å². The van der Waals surface area contributed by atoms with E-state index in [-0.39, 0.29) is 12.6 Å². The number of thiophene rings is 1. The number of nitrogens with zero attached hydrogens (tertiary/aromatic N) is 4. The van der Waals surface area contributed by atoms with Crippen molar-refractivity contribution in [2.24, 2.45) is 5.14 Å². The molecule has 4 heterocycles. The van der Waals surface area contributed by atoms with Gasteiger partial charge in [-0.05, 0) is 37.7 Å². The van der Waals surface area contributed by atoms with Crippen LogP contribution in [0.1, 0.15) is 36.1 Å². The first kappa shape index (κ1) is 20.5. The Bertz CT molecular complexity index is 1010. The lowest BCUT2D eigenvalue weighted by Gasteiger charge is -2.38. The van der Waals surface area contributed by atoms with Gasteiger partial charge in [-0.2, -0.15) is 12.7 Å². The molecule has 2 aromatic rings. The fourth-order valence-electron chi connectivity index (χ4n) is 4.79. The van der Waals surface area contributed by atoms with Crippen molar-refractivity contribution in [3.8, 4) is 5.88 Å². The van der Waals surface area contributed by atoms with Crippen LogP contribution in [0.3, 0.4) is 0 Å². The summed E-state index contributed by atoms with van der Waals surface area (Å²) < 4.78 is 36.8. The van der Waals surface area contributed by atoms with E-state index in [4.69, 9.17) is 14.6 Å². The summed E-state index contributed by atoms with van der Waals surface area (Å²) in [6.45, 7) is 4.34. The Labute approximate surface area is 180 Å². The van der Waals surface area contributed by atoms with Crippen LogP contribution in [0.15, 0.2) is 6.33 Å². The van der Waals surface area contributed by atoms with Crippen molar-refractivity contribution < 1.29 is 17.9 Å². The van der Waals surface area contributed by atoms with Crippen LogP contribution in [0.25, 0.3) is 10.2 Å². The van der Waals surface area contributed by atoms with E-state index in [0.29, 0.717) is 24.9 Å². The fraction of sp³-hybridized carbons (Fsp3) is 0.684. The Balaban J connectivity index is 1.33. The number of fused-ring (bicyclic) bond motifs is 3. The lowest BCUT2D eigenvalue weighted by atomic mass is 9.91. The van der Waals surface area contributed by atoms with Gasteiger partial charge in [0, 0.05) is 37.1 Å². The molecule has 2 fully saturated rings. The first-order valence-electron chi connectivity index (χ1n) is 10.5. The molecule has 3 aliphatic rings. The van der Waals surface area contributed by atoms with Crippen molar-refractivity contribution >= 4 is 31.8 Å². The Hall–Kier alpha value is -1.37. The summed E-state index contributed by atoms with van der Waals surface area (Å²) in [6, 6.07) is 0.608. The molecule has 0 atom stereocenters. The van der Waals surface area contributed by atoms with Gasteiger partial charge in [0.2, 0.25) is 5.88 Å². The third-order valence-electron chi connectivity index (χ3n) is 6.40. The number of morpholine rings is 1. The highest BCUT2D eigenvalue weighted by Crippen LogP contribution is 2.39. The maximum Gasteiger partial charge on any atom is 0.277 e. The Morgan fingerprint density at radius 3 is 2.63 bits per heavy atom. The number of rotatable bonds is 4. The van der Waals surface area contributed by atoms with Crippen molar-refractivity contribution in [1.29, 1.82) is 0 Å². The molecule has 1 aliphatic carbocycles. The van der Waals surface area contributed by atoms with E-state index >= 15 is 0 Å². The van der Waals surface area contributed by atoms with Crippen LogP contribution < -0.4 is 9.88 Å². The minimum absolute atomic E-state index is 0.119. The number of ether oxygens (including phenoxy) is 2. The van der Waals surface area contributed by atoms with Gasteiger partial charge in [0.1, 0.15) is 17.3 Å². The molecule has 1 saturated heterocycles. The fourth-order valence-corrected chi connectivity index (χ4v) is 6.58. The Morgan fingerprint density at radius 2 is 1.90 bits per heavy atom. The summed E-state index contributed by atoms with van der Waals surface area (Å²) in [4.78, 5) is 13.4. The largest absolute Gasteiger partial charge is 0.474 e. The molecule has 0 unspecified atom stereocenters. The van der Waals surface area contributed by atoms with E-state index in [1.165, 1.54) is 10.6 Å². The van der Waals surface area contributed by atoms with Gasteiger partial charge in [0.15, 0.2) is 0 Å². The molecule has 164 valence electrons. The normalized spacial score (nSPS) is 26.6. The highest BCUT2D eigenvalue weighted by atomic mass is 32.2. The predicted molar refractivity (Wildman–Crippen MR) is 114 cm³/mol. The Morgan fingerprint density at radius 1 is 1.13 bits per heavy atom. The molecule has 11 heteroatoms. The van der Waals surface area contributed by atoms with E-state index in [2.05, 4.69) is 14.9 Å². The van der Waals surface area contributed by atoms with Crippen molar-refractivity contribution in [3.63, 3.8) is 0 Å². The minimum atomic E-state index is -3.73. The smallest absolute Gasteiger partial charge is 0.277 e. The number of nitrogens with two attached hydrogens (primary N) is 1. The topological polar surface area (TPSA) is 111 Å². The summed E-state index contributed by atoms with van der Waals surface area (Å²) in [5.74, 6) is 0.573. The minimum Gasteiger partial charge on any atom is -0.474 e. The van der Waals surface area contributed by atoms with E-state index < -0.39 is 10.2 Å². The molecule has 0 aromatic carbocycles. The highest BCUT2D eigenvalue weighted by molar-refractivity contribution is 7.86. The molecule has 0 radical (unpaired) electrons. The second-order valence-corrected chi connectivity index (χ2v) is 10.8. The quantitative estimate of drug-likeness (QED) is 0.742. The summed E-state index contributed by atoms with van der Waals surface area (Å²) in [6.07, 6.45) is 6.49. The van der Waals surface area contributed by atoms with Gasteiger partial charge in [-0.25, -0.2) is 15.1 Å². The van der Waals surface area contributed by atoms with E-state index in [1.54, 1.807) is 11.3 Å². The zero-order chi connectivity index (χ0) is 20.7. The monoisotopic (exact) mass is 453 g/mol. The van der Waals surface area contributed by atoms with Gasteiger partial charge in [0.25, 0.3) is 10.2 Å². The van der Waals surface area contributed by atoms with Crippen LogP contribution in [0, 0.1) is 0 Å². The predicted octanol–water partition coefficient (Wildman–Crippen LogP) is 1.28. The number of aromatic nitrogens is 2. The van der Waals surface area contributed by atoms with Gasteiger partial charge in [-0.1, -0.05) is 0 Å². The summed E-state index contributed by atoms with van der Waals surface area (Å²) in [5.41, 5.74) is 0.938. The zero-order valence-corrected chi connectivity index (χ0v) is 18.5. The zero-order valence-electron chi connectivity index (χ0n) is 16.8. The average molecular weight is 454 g/mol. The molecule has 2 N–H and O–H groups in total. The molecule has 2 aromatic heterocycles. The van der Waals surface area contributed by atoms with E-state index in [1.807, 2.05) is 0 Å². The van der Waals surface area contributed by atoms with Crippen LogP contribution in [-0.2, 0) is 27.9 Å². The molecule has 0 spiro atoms. The maximum atomic E-state index is 11.8. The summed E-state index contributed by atoms with van der Waals surface area (Å²) in [7, 11) is -3.73. The van der Waals surface area contributed by atoms with Crippen LogP contribution in [-0.4, -0.2) is 72.6 Å². The highest BCUT2D eigenvalue weighted by Gasteiger charge is 2.31. The molecule has 0 amide bonds. The van der Waals surface area contributed by atoms with Gasteiger partial charge in [-0.15, -0.1) is 11.3 Å². The lowest BCUT2D eigenvalue weighted by Crippen LogP contribution is -2.46. The van der Waals surface area contributed by atoms with Gasteiger partial charge >= 0.3 is 0 Å². The molecule has 9 nitrogen and oxygen atoms in total. The second kappa shape index (κ2) is 8.29. The molecule has 5 rings (SSSR count). The summed E-state index contributed by atoms with van der Waals surface area (Å²) >= 11 is 1.60. The molecular formula is C19H27N5O4S2. The van der Waals surface area contributed by atoms with Gasteiger partial charge < -0.3 is 9.47 Å². The van der Waals surface area contributed by atoms with Crippen molar-refractivity contribution in [3.05, 3.63) is 16.8 Å². The van der Waals surface area contributed by atoms with Crippen LogP contribution in [0.5, 0.6) is 5.88 Å². The third-order valence-corrected chi connectivity index (χ3v) is 8.63. The second-order valence-electron chi connectivity index (χ2n) is 8.19. The molecule has 1 saturated carbocycles. The number of hydrogen-bond donors (Lipinski definition) is 1. The van der Waals surface area contributed by atoms with E-state index in [9.17, 15) is 8.42 Å². The van der Waals surface area contributed by atoms with Gasteiger partial charge in [-0.3, -0.25) is 4.90 Å². The molecular weight excluding hydrogens is 426 g/mol. The molecule has 2 aliphatic heterocycles.